The van der Waals surface area contributed by atoms with Gasteiger partial charge in [0.1, 0.15) is 0 Å². The number of carboxylic acid groups (broad SMARTS) is 1. The SMILES string of the molecule is CCCCC(CC)CN[C@@H](CCC(=O)O)C(=O)N(CCCC)CCCC. The molecule has 0 aromatic rings. The van der Waals surface area contributed by atoms with Crippen molar-refractivity contribution in [3.63, 3.8) is 0 Å². The van der Waals surface area contributed by atoms with E-state index < -0.39 is 5.97 Å². The summed E-state index contributed by atoms with van der Waals surface area (Å²) in [6.45, 7) is 11.0. The highest BCUT2D eigenvalue weighted by Gasteiger charge is 2.25. The lowest BCUT2D eigenvalue weighted by Gasteiger charge is -2.29. The van der Waals surface area contributed by atoms with Crippen LogP contribution in [0.2, 0.25) is 0 Å². The van der Waals surface area contributed by atoms with Crippen LogP contribution in [-0.4, -0.2) is 47.6 Å². The molecule has 0 aliphatic rings. The van der Waals surface area contributed by atoms with Gasteiger partial charge in [0, 0.05) is 19.5 Å². The van der Waals surface area contributed by atoms with Crippen LogP contribution in [0.25, 0.3) is 0 Å². The van der Waals surface area contributed by atoms with E-state index in [0.717, 1.165) is 58.2 Å². The lowest BCUT2D eigenvalue weighted by atomic mass is 9.98. The van der Waals surface area contributed by atoms with E-state index in [-0.39, 0.29) is 18.4 Å². The van der Waals surface area contributed by atoms with Crippen LogP contribution in [0.5, 0.6) is 0 Å². The number of amides is 1. The summed E-state index contributed by atoms with van der Waals surface area (Å²) in [4.78, 5) is 26.0. The molecule has 5 nitrogen and oxygen atoms in total. The van der Waals surface area contributed by atoms with Crippen LogP contribution in [0, 0.1) is 5.92 Å². The summed E-state index contributed by atoms with van der Waals surface area (Å²) in [6, 6.07) is -0.379. The maximum atomic E-state index is 13.1. The maximum absolute atomic E-state index is 13.1. The van der Waals surface area contributed by atoms with E-state index in [2.05, 4.69) is 33.0 Å². The zero-order valence-corrected chi connectivity index (χ0v) is 17.6. The van der Waals surface area contributed by atoms with Crippen LogP contribution in [-0.2, 0) is 9.59 Å². The summed E-state index contributed by atoms with van der Waals surface area (Å²) in [6.07, 6.45) is 9.13. The Morgan fingerprint density at radius 1 is 0.923 bits per heavy atom. The van der Waals surface area contributed by atoms with Gasteiger partial charge >= 0.3 is 5.97 Å². The molecule has 0 aliphatic heterocycles. The van der Waals surface area contributed by atoms with Crippen LogP contribution in [0.4, 0.5) is 0 Å². The van der Waals surface area contributed by atoms with Gasteiger partial charge in [-0.1, -0.05) is 59.8 Å². The molecule has 0 rings (SSSR count). The summed E-state index contributed by atoms with van der Waals surface area (Å²) in [5, 5.41) is 12.5. The number of carbonyl (C=O) groups excluding carboxylic acids is 1. The highest BCUT2D eigenvalue weighted by atomic mass is 16.4. The van der Waals surface area contributed by atoms with E-state index in [1.165, 1.54) is 12.8 Å². The third kappa shape index (κ3) is 11.5. The van der Waals surface area contributed by atoms with Crippen LogP contribution < -0.4 is 5.32 Å². The summed E-state index contributed by atoms with van der Waals surface area (Å²) in [7, 11) is 0. The van der Waals surface area contributed by atoms with Gasteiger partial charge in [-0.25, -0.2) is 0 Å². The van der Waals surface area contributed by atoms with Crippen molar-refractivity contribution in [2.24, 2.45) is 5.92 Å². The predicted molar refractivity (Wildman–Crippen MR) is 108 cm³/mol. The highest BCUT2D eigenvalue weighted by Crippen LogP contribution is 2.13. The minimum atomic E-state index is -0.837. The summed E-state index contributed by atoms with van der Waals surface area (Å²) in [5.74, 6) is -0.204. The molecule has 0 radical (unpaired) electrons. The Morgan fingerprint density at radius 3 is 1.96 bits per heavy atom. The number of aliphatic carboxylic acids is 1. The first-order chi connectivity index (χ1) is 12.5. The predicted octanol–water partition coefficient (Wildman–Crippen LogP) is 4.45. The van der Waals surface area contributed by atoms with Crippen molar-refractivity contribution in [2.45, 2.75) is 97.9 Å². The number of carbonyl (C=O) groups is 2. The fourth-order valence-corrected chi connectivity index (χ4v) is 3.08. The number of rotatable bonds is 17. The minimum Gasteiger partial charge on any atom is -0.481 e. The Hall–Kier alpha value is -1.10. The molecule has 2 N–H and O–H groups in total. The maximum Gasteiger partial charge on any atom is 0.303 e. The smallest absolute Gasteiger partial charge is 0.303 e. The monoisotopic (exact) mass is 370 g/mol. The van der Waals surface area contributed by atoms with Crippen molar-refractivity contribution in [2.75, 3.05) is 19.6 Å². The summed E-state index contributed by atoms with van der Waals surface area (Å²) in [5.41, 5.74) is 0. The Morgan fingerprint density at radius 2 is 1.50 bits per heavy atom. The molecule has 1 unspecified atom stereocenters. The standard InChI is InChI=1S/C21H42N2O3/c1-5-9-12-18(8-4)17-22-19(13-14-20(24)25)21(26)23(15-10-6-2)16-11-7-3/h18-19,22H,5-17H2,1-4H3,(H,24,25)/t18?,19-/m0/s1. The van der Waals surface area contributed by atoms with Crippen LogP contribution in [0.1, 0.15) is 91.9 Å². The Kier molecular flexibility index (Phi) is 15.4. The molecule has 0 fully saturated rings. The number of hydrogen-bond donors (Lipinski definition) is 2. The number of hydrogen-bond acceptors (Lipinski definition) is 3. The lowest BCUT2D eigenvalue weighted by molar-refractivity contribution is -0.138. The van der Waals surface area contributed by atoms with E-state index >= 15 is 0 Å². The van der Waals surface area contributed by atoms with E-state index in [0.29, 0.717) is 12.3 Å². The highest BCUT2D eigenvalue weighted by molar-refractivity contribution is 5.82. The first-order valence-electron chi connectivity index (χ1n) is 10.7. The minimum absolute atomic E-state index is 0.0323. The van der Waals surface area contributed by atoms with Gasteiger partial charge in [-0.2, -0.15) is 0 Å². The topological polar surface area (TPSA) is 69.6 Å². The van der Waals surface area contributed by atoms with E-state index in [9.17, 15) is 9.59 Å². The molecular weight excluding hydrogens is 328 g/mol. The first kappa shape index (κ1) is 24.9. The van der Waals surface area contributed by atoms with Crippen molar-refractivity contribution in [1.82, 2.24) is 10.2 Å². The van der Waals surface area contributed by atoms with Crippen molar-refractivity contribution >= 4 is 11.9 Å². The quantitative estimate of drug-likeness (QED) is 0.397. The van der Waals surface area contributed by atoms with Gasteiger partial charge in [0.2, 0.25) is 5.91 Å². The zero-order valence-electron chi connectivity index (χ0n) is 17.6. The largest absolute Gasteiger partial charge is 0.481 e. The fraction of sp³-hybridized carbons (Fsp3) is 0.905. The summed E-state index contributed by atoms with van der Waals surface area (Å²) >= 11 is 0. The van der Waals surface area contributed by atoms with Gasteiger partial charge in [0.25, 0.3) is 0 Å². The van der Waals surface area contributed by atoms with Gasteiger partial charge in [-0.05, 0) is 38.1 Å². The second-order valence-corrected chi connectivity index (χ2v) is 7.34. The van der Waals surface area contributed by atoms with Crippen molar-refractivity contribution in [3.8, 4) is 0 Å². The molecule has 154 valence electrons. The lowest BCUT2D eigenvalue weighted by Crippen LogP contribution is -2.48. The van der Waals surface area contributed by atoms with E-state index in [1.54, 1.807) is 0 Å². The van der Waals surface area contributed by atoms with Gasteiger partial charge in [-0.3, -0.25) is 9.59 Å². The Bertz CT molecular complexity index is 366. The molecule has 26 heavy (non-hydrogen) atoms. The third-order valence-electron chi connectivity index (χ3n) is 5.02. The summed E-state index contributed by atoms with van der Waals surface area (Å²) < 4.78 is 0. The molecule has 1 amide bonds. The molecule has 0 spiro atoms. The van der Waals surface area contributed by atoms with Crippen LogP contribution in [0.15, 0.2) is 0 Å². The molecule has 0 saturated heterocycles. The van der Waals surface area contributed by atoms with Crippen LogP contribution >= 0.6 is 0 Å². The van der Waals surface area contributed by atoms with Gasteiger partial charge in [0.05, 0.1) is 6.04 Å². The number of unbranched alkanes of at least 4 members (excludes halogenated alkanes) is 3. The molecule has 0 saturated carbocycles. The average molecular weight is 371 g/mol. The molecule has 2 atom stereocenters. The second-order valence-electron chi connectivity index (χ2n) is 7.34. The molecule has 0 aromatic carbocycles. The van der Waals surface area contributed by atoms with Crippen molar-refractivity contribution < 1.29 is 14.7 Å². The molecular formula is C21H42N2O3. The number of nitrogens with one attached hydrogen (secondary N) is 1. The Labute approximate surface area is 160 Å². The normalized spacial score (nSPS) is 13.4. The van der Waals surface area contributed by atoms with Crippen molar-refractivity contribution in [3.05, 3.63) is 0 Å². The third-order valence-corrected chi connectivity index (χ3v) is 5.02. The Balaban J connectivity index is 4.91. The van der Waals surface area contributed by atoms with Crippen molar-refractivity contribution in [1.29, 1.82) is 0 Å². The second kappa shape index (κ2) is 16.1. The molecule has 5 heteroatoms. The van der Waals surface area contributed by atoms with Gasteiger partial charge in [0.15, 0.2) is 0 Å². The van der Waals surface area contributed by atoms with Gasteiger partial charge in [-0.15, -0.1) is 0 Å². The van der Waals surface area contributed by atoms with Gasteiger partial charge < -0.3 is 15.3 Å². The van der Waals surface area contributed by atoms with E-state index in [1.807, 2.05) is 4.90 Å². The number of carboxylic acids is 1. The molecule has 0 aromatic heterocycles. The number of nitrogens with zero attached hydrogens (tertiary/aromatic N) is 1. The van der Waals surface area contributed by atoms with E-state index in [4.69, 9.17) is 5.11 Å². The molecule has 0 bridgehead atoms. The fourth-order valence-electron chi connectivity index (χ4n) is 3.08. The molecule has 0 aliphatic carbocycles. The van der Waals surface area contributed by atoms with Crippen LogP contribution in [0.3, 0.4) is 0 Å². The zero-order chi connectivity index (χ0) is 19.8. The average Bonchev–Trinajstić information content (AvgIpc) is 2.63. The molecule has 0 heterocycles. The first-order valence-corrected chi connectivity index (χ1v) is 10.7.